The Kier molecular flexibility index (Phi) is 7.70. The molecular formula is C50H57BN2O. The molecule has 54 heavy (non-hydrogen) atoms. The fraction of sp³-hybridized carbons (Fsp3) is 0.400. The zero-order valence-corrected chi connectivity index (χ0v) is 34.4. The van der Waals surface area contributed by atoms with Crippen LogP contribution in [0.15, 0.2) is 89.3 Å². The molecular weight excluding hydrogens is 655 g/mol. The van der Waals surface area contributed by atoms with Crippen LogP contribution >= 0.6 is 0 Å². The van der Waals surface area contributed by atoms with E-state index in [9.17, 15) is 0 Å². The highest BCUT2D eigenvalue weighted by molar-refractivity contribution is 6.94. The van der Waals surface area contributed by atoms with Gasteiger partial charge in [0, 0.05) is 44.6 Å². The molecule has 1 saturated carbocycles. The Morgan fingerprint density at radius 3 is 2.11 bits per heavy atom. The molecule has 1 N–H and O–H groups in total. The number of benzene rings is 5. The van der Waals surface area contributed by atoms with Gasteiger partial charge in [0.1, 0.15) is 11.2 Å². The number of nitrogens with zero attached hydrogens (tertiary/aromatic N) is 1. The third kappa shape index (κ3) is 5.29. The molecule has 3 nitrogen and oxygen atoms in total. The van der Waals surface area contributed by atoms with Gasteiger partial charge in [-0.25, -0.2) is 0 Å². The average molecular weight is 713 g/mol. The molecule has 3 aliphatic rings. The van der Waals surface area contributed by atoms with Crippen LogP contribution in [0.3, 0.4) is 0 Å². The Morgan fingerprint density at radius 2 is 1.43 bits per heavy atom. The van der Waals surface area contributed by atoms with E-state index >= 15 is 0 Å². The van der Waals surface area contributed by atoms with E-state index in [1.807, 2.05) is 0 Å². The van der Waals surface area contributed by atoms with Crippen molar-refractivity contribution in [1.29, 1.82) is 0 Å². The summed E-state index contributed by atoms with van der Waals surface area (Å²) in [5.41, 5.74) is 17.7. The number of para-hydroxylation sites is 1. The average Bonchev–Trinajstić information content (AvgIpc) is 3.49. The number of hydrogen-bond donors (Lipinski definition) is 1. The van der Waals surface area contributed by atoms with Crippen LogP contribution in [0.4, 0.5) is 22.7 Å². The van der Waals surface area contributed by atoms with Crippen LogP contribution in [0, 0.1) is 5.92 Å². The summed E-state index contributed by atoms with van der Waals surface area (Å²) in [6, 6.07) is 32.8. The predicted octanol–water partition coefficient (Wildman–Crippen LogP) is 12.9. The molecule has 1 aromatic heterocycles. The van der Waals surface area contributed by atoms with E-state index in [1.165, 1.54) is 104 Å². The molecule has 4 heteroatoms. The molecule has 2 atom stereocenters. The second-order valence-corrected chi connectivity index (χ2v) is 20.2. The van der Waals surface area contributed by atoms with Crippen LogP contribution in [-0.2, 0) is 21.7 Å². The number of furan rings is 1. The van der Waals surface area contributed by atoms with Gasteiger partial charge < -0.3 is 14.5 Å². The van der Waals surface area contributed by atoms with Gasteiger partial charge >= 0.3 is 6.85 Å². The highest BCUT2D eigenvalue weighted by Gasteiger charge is 2.48. The van der Waals surface area contributed by atoms with E-state index in [-0.39, 0.29) is 28.5 Å². The van der Waals surface area contributed by atoms with Gasteiger partial charge in [0.2, 0.25) is 0 Å². The largest absolute Gasteiger partial charge is 0.455 e. The summed E-state index contributed by atoms with van der Waals surface area (Å²) in [5.74, 6) is 0.590. The van der Waals surface area contributed by atoms with Crippen molar-refractivity contribution in [2.45, 2.75) is 124 Å². The lowest BCUT2D eigenvalue weighted by molar-refractivity contribution is 0.222. The van der Waals surface area contributed by atoms with E-state index in [0.29, 0.717) is 5.92 Å². The monoisotopic (exact) mass is 712 g/mol. The van der Waals surface area contributed by atoms with E-state index in [4.69, 9.17) is 4.42 Å². The van der Waals surface area contributed by atoms with Gasteiger partial charge in [0.05, 0.1) is 0 Å². The SMILES string of the molecule is CC1CCCCC1(C)c1cc(C(C)(C)C)cc2c1Nc1cc3c(oc4ccccc43)c3c1B2N(c1ccc(C(C)(C)C)cc1)c1cc(C(C)(C)C)ccc1-3. The molecule has 1 fully saturated rings. The first kappa shape index (κ1) is 35.3. The maximum atomic E-state index is 6.94. The highest BCUT2D eigenvalue weighted by atomic mass is 16.3. The minimum atomic E-state index is -0.0596. The first-order valence-electron chi connectivity index (χ1n) is 20.4. The van der Waals surface area contributed by atoms with Gasteiger partial charge in [0.25, 0.3) is 0 Å². The minimum Gasteiger partial charge on any atom is -0.455 e. The Hall–Kier alpha value is -4.44. The molecule has 0 saturated heterocycles. The van der Waals surface area contributed by atoms with E-state index in [1.54, 1.807) is 0 Å². The number of hydrogen-bond acceptors (Lipinski definition) is 3. The third-order valence-corrected chi connectivity index (χ3v) is 13.5. The molecule has 6 aromatic rings. The molecule has 3 heterocycles. The molecule has 2 aliphatic heterocycles. The standard InChI is InChI=1S/C50H57BN2O/c1-30-16-14-15-25-50(30,11)38-26-33(49(8,9)10)27-39-45(38)52-40-29-37-35-17-12-13-18-42(35)54-46(37)43-36-24-21-32(48(5,6)7)28-41(36)53(51(39)44(40)43)34-22-19-31(20-23-34)47(2,3)4/h12-13,17-24,26-30,52H,14-16,25H2,1-11H3. The normalized spacial score (nSPS) is 19.8. The van der Waals surface area contributed by atoms with Crippen LogP contribution < -0.4 is 21.1 Å². The highest BCUT2D eigenvalue weighted by Crippen LogP contribution is 2.52. The van der Waals surface area contributed by atoms with Gasteiger partial charge in [-0.1, -0.05) is 144 Å². The molecule has 0 spiro atoms. The van der Waals surface area contributed by atoms with Crippen molar-refractivity contribution in [3.8, 4) is 11.1 Å². The summed E-state index contributed by atoms with van der Waals surface area (Å²) < 4.78 is 6.94. The molecule has 276 valence electrons. The Labute approximate surface area is 323 Å². The molecule has 2 unspecified atom stereocenters. The fourth-order valence-corrected chi connectivity index (χ4v) is 9.86. The van der Waals surface area contributed by atoms with Crippen molar-refractivity contribution in [2.75, 3.05) is 10.1 Å². The van der Waals surface area contributed by atoms with Gasteiger partial charge in [-0.05, 0) is 104 Å². The van der Waals surface area contributed by atoms with Crippen molar-refractivity contribution >= 4 is 62.5 Å². The van der Waals surface area contributed by atoms with Crippen LogP contribution in [0.25, 0.3) is 33.1 Å². The van der Waals surface area contributed by atoms with Gasteiger partial charge in [0.15, 0.2) is 0 Å². The summed E-state index contributed by atoms with van der Waals surface area (Å²) in [5, 5.41) is 6.56. The first-order chi connectivity index (χ1) is 25.4. The number of rotatable bonds is 2. The second-order valence-electron chi connectivity index (χ2n) is 20.2. The van der Waals surface area contributed by atoms with Gasteiger partial charge in [-0.2, -0.15) is 0 Å². The van der Waals surface area contributed by atoms with Crippen LogP contribution in [-0.4, -0.2) is 6.85 Å². The van der Waals surface area contributed by atoms with E-state index in [0.717, 1.165) is 11.2 Å². The zero-order valence-electron chi connectivity index (χ0n) is 34.4. The maximum absolute atomic E-state index is 6.94. The van der Waals surface area contributed by atoms with E-state index < -0.39 is 0 Å². The van der Waals surface area contributed by atoms with Crippen molar-refractivity contribution < 1.29 is 4.42 Å². The first-order valence-corrected chi connectivity index (χ1v) is 20.4. The lowest BCUT2D eigenvalue weighted by Crippen LogP contribution is -2.61. The van der Waals surface area contributed by atoms with E-state index in [2.05, 4.69) is 171 Å². The molecule has 0 radical (unpaired) electrons. The lowest BCUT2D eigenvalue weighted by atomic mass is 9.42. The van der Waals surface area contributed by atoms with Crippen molar-refractivity contribution in [2.24, 2.45) is 5.92 Å². The smallest absolute Gasteiger partial charge is 0.333 e. The molecule has 0 amide bonds. The van der Waals surface area contributed by atoms with Crippen LogP contribution in [0.1, 0.15) is 124 Å². The fourth-order valence-electron chi connectivity index (χ4n) is 9.86. The second kappa shape index (κ2) is 11.8. The summed E-state index contributed by atoms with van der Waals surface area (Å²) in [4.78, 5) is 2.68. The lowest BCUT2D eigenvalue weighted by Gasteiger charge is -2.47. The zero-order chi connectivity index (χ0) is 38.1. The predicted molar refractivity (Wildman–Crippen MR) is 234 cm³/mol. The molecule has 9 rings (SSSR count). The van der Waals surface area contributed by atoms with Crippen LogP contribution in [0.2, 0.25) is 0 Å². The quantitative estimate of drug-likeness (QED) is 0.181. The number of fused-ring (bicyclic) bond motifs is 8. The summed E-state index contributed by atoms with van der Waals surface area (Å²) in [6.45, 7) is 26.1. The molecule has 0 bridgehead atoms. The summed E-state index contributed by atoms with van der Waals surface area (Å²) in [7, 11) is 0. The Balaban J connectivity index is 1.43. The Morgan fingerprint density at radius 1 is 0.741 bits per heavy atom. The number of anilines is 4. The molecule has 1 aliphatic carbocycles. The summed E-state index contributed by atoms with van der Waals surface area (Å²) >= 11 is 0. The van der Waals surface area contributed by atoms with Crippen molar-refractivity contribution in [1.82, 2.24) is 0 Å². The van der Waals surface area contributed by atoms with Gasteiger partial charge in [-0.3, -0.25) is 0 Å². The topological polar surface area (TPSA) is 28.4 Å². The van der Waals surface area contributed by atoms with Gasteiger partial charge in [-0.15, -0.1) is 0 Å². The number of nitrogens with one attached hydrogen (secondary N) is 1. The summed E-state index contributed by atoms with van der Waals surface area (Å²) in [6.07, 6.45) is 5.07. The van der Waals surface area contributed by atoms with Crippen molar-refractivity contribution in [3.63, 3.8) is 0 Å². The molecule has 5 aromatic carbocycles. The third-order valence-electron chi connectivity index (χ3n) is 13.5. The minimum absolute atomic E-state index is 0.0160. The van der Waals surface area contributed by atoms with Crippen LogP contribution in [0.5, 0.6) is 0 Å². The van der Waals surface area contributed by atoms with Crippen molar-refractivity contribution in [3.05, 3.63) is 107 Å². The maximum Gasteiger partial charge on any atom is 0.333 e. The Bertz CT molecular complexity index is 2470.